The Morgan fingerprint density at radius 1 is 0.786 bits per heavy atom. The lowest BCUT2D eigenvalue weighted by atomic mass is 10.1. The fourth-order valence-corrected chi connectivity index (χ4v) is 4.36. The predicted octanol–water partition coefficient (Wildman–Crippen LogP) is 4.24. The third-order valence-corrected chi connectivity index (χ3v) is 6.01. The quantitative estimate of drug-likeness (QED) is 0.526. The fraction of sp³-hybridized carbons (Fsp3) is 0. The number of nitrogens with zero attached hydrogens (tertiary/aromatic N) is 3. The van der Waals surface area contributed by atoms with Gasteiger partial charge in [0.15, 0.2) is 0 Å². The van der Waals surface area contributed by atoms with Crippen molar-refractivity contribution in [1.29, 1.82) is 5.26 Å². The number of aromatic nitrogens is 2. The van der Waals surface area contributed by atoms with Gasteiger partial charge < -0.3 is 0 Å². The molecule has 4 rings (SSSR count). The number of hydrogen-bond acceptors (Lipinski definition) is 4. The summed E-state index contributed by atoms with van der Waals surface area (Å²) in [7, 11) is -3.95. The maximum atomic E-state index is 13.2. The van der Waals surface area contributed by atoms with E-state index < -0.39 is 9.84 Å². The van der Waals surface area contributed by atoms with Crippen molar-refractivity contribution >= 4 is 9.84 Å². The molecule has 1 aromatic heterocycles. The average molecular weight is 385 g/mol. The zero-order valence-corrected chi connectivity index (χ0v) is 15.5. The van der Waals surface area contributed by atoms with Gasteiger partial charge in [0, 0.05) is 5.56 Å². The van der Waals surface area contributed by atoms with Gasteiger partial charge in [-0.15, -0.1) is 0 Å². The van der Waals surface area contributed by atoms with Gasteiger partial charge in [0.25, 0.3) is 0 Å². The number of benzene rings is 3. The highest BCUT2D eigenvalue weighted by atomic mass is 32.2. The van der Waals surface area contributed by atoms with Crippen LogP contribution in [0.25, 0.3) is 16.9 Å². The summed E-state index contributed by atoms with van der Waals surface area (Å²) < 4.78 is 27.9. The molecule has 0 aliphatic carbocycles. The maximum Gasteiger partial charge on any atom is 0.227 e. The molecule has 1 heterocycles. The molecule has 0 aliphatic heterocycles. The van der Waals surface area contributed by atoms with E-state index in [1.807, 2.05) is 60.7 Å². The van der Waals surface area contributed by atoms with Gasteiger partial charge in [-0.1, -0.05) is 66.7 Å². The first kappa shape index (κ1) is 17.7. The first-order chi connectivity index (χ1) is 13.6. The predicted molar refractivity (Wildman–Crippen MR) is 106 cm³/mol. The Bertz CT molecular complexity index is 1260. The minimum atomic E-state index is -3.95. The highest BCUT2D eigenvalue weighted by Gasteiger charge is 2.30. The minimum absolute atomic E-state index is 0.0268. The minimum Gasteiger partial charge on any atom is -0.230 e. The molecule has 0 atom stereocenters. The van der Waals surface area contributed by atoms with Crippen molar-refractivity contribution in [3.05, 3.63) is 96.6 Å². The van der Waals surface area contributed by atoms with E-state index in [1.54, 1.807) is 18.2 Å². The lowest BCUT2D eigenvalue weighted by molar-refractivity contribution is 0.590. The molecule has 0 spiro atoms. The van der Waals surface area contributed by atoms with Gasteiger partial charge in [0.2, 0.25) is 14.9 Å². The topological polar surface area (TPSA) is 75.8 Å². The van der Waals surface area contributed by atoms with Gasteiger partial charge >= 0.3 is 0 Å². The van der Waals surface area contributed by atoms with Crippen LogP contribution < -0.4 is 0 Å². The van der Waals surface area contributed by atoms with Crippen molar-refractivity contribution in [2.24, 2.45) is 0 Å². The van der Waals surface area contributed by atoms with Crippen LogP contribution in [0.2, 0.25) is 0 Å². The van der Waals surface area contributed by atoms with Crippen molar-refractivity contribution in [3.8, 4) is 23.0 Å². The van der Waals surface area contributed by atoms with Gasteiger partial charge in [-0.05, 0) is 24.3 Å². The summed E-state index contributed by atoms with van der Waals surface area (Å²) in [4.78, 5) is 0.101. The van der Waals surface area contributed by atoms with Crippen LogP contribution in [-0.2, 0) is 9.84 Å². The molecule has 0 saturated heterocycles. The molecule has 0 radical (unpaired) electrons. The third-order valence-electron chi connectivity index (χ3n) is 4.32. The highest BCUT2D eigenvalue weighted by molar-refractivity contribution is 7.91. The molecular weight excluding hydrogens is 370 g/mol. The molecular formula is C22H15N3O2S. The van der Waals surface area contributed by atoms with Crippen LogP contribution in [0.5, 0.6) is 0 Å². The van der Waals surface area contributed by atoms with Crippen molar-refractivity contribution in [2.45, 2.75) is 9.92 Å². The molecule has 0 unspecified atom stereocenters. The van der Waals surface area contributed by atoms with Crippen molar-refractivity contribution < 1.29 is 8.42 Å². The van der Waals surface area contributed by atoms with Crippen LogP contribution in [0.15, 0.2) is 101 Å². The van der Waals surface area contributed by atoms with Crippen LogP contribution in [0.1, 0.15) is 5.56 Å². The van der Waals surface area contributed by atoms with E-state index in [0.29, 0.717) is 16.9 Å². The first-order valence-electron chi connectivity index (χ1n) is 8.57. The largest absolute Gasteiger partial charge is 0.230 e. The van der Waals surface area contributed by atoms with Crippen LogP contribution >= 0.6 is 0 Å². The summed E-state index contributed by atoms with van der Waals surface area (Å²) in [6, 6.07) is 28.5. The van der Waals surface area contributed by atoms with Gasteiger partial charge in [0.1, 0.15) is 11.6 Å². The zero-order valence-electron chi connectivity index (χ0n) is 14.7. The van der Waals surface area contributed by atoms with E-state index in [2.05, 4.69) is 11.2 Å². The van der Waals surface area contributed by atoms with Crippen LogP contribution in [0.4, 0.5) is 0 Å². The number of sulfone groups is 1. The van der Waals surface area contributed by atoms with Crippen molar-refractivity contribution in [3.63, 3.8) is 0 Å². The molecule has 0 fully saturated rings. The molecule has 5 nitrogen and oxygen atoms in total. The summed E-state index contributed by atoms with van der Waals surface area (Å²) in [5, 5.41) is 14.0. The lowest BCUT2D eigenvalue weighted by Gasteiger charge is -2.07. The fourth-order valence-electron chi connectivity index (χ4n) is 3.02. The summed E-state index contributed by atoms with van der Waals surface area (Å²) in [6.45, 7) is 0. The summed E-state index contributed by atoms with van der Waals surface area (Å²) in [5.74, 6) is 0. The van der Waals surface area contributed by atoms with Crippen molar-refractivity contribution in [2.75, 3.05) is 0 Å². The Balaban J connectivity index is 2.05. The summed E-state index contributed by atoms with van der Waals surface area (Å²) >= 11 is 0. The molecule has 136 valence electrons. The average Bonchev–Trinajstić information content (AvgIpc) is 3.16. The molecule has 6 heteroatoms. The second-order valence-electron chi connectivity index (χ2n) is 6.07. The van der Waals surface area contributed by atoms with Crippen LogP contribution in [-0.4, -0.2) is 18.2 Å². The monoisotopic (exact) mass is 385 g/mol. The Hall–Kier alpha value is -3.69. The van der Waals surface area contributed by atoms with Gasteiger partial charge in [-0.3, -0.25) is 0 Å². The van der Waals surface area contributed by atoms with E-state index in [1.165, 1.54) is 16.8 Å². The molecule has 0 aliphatic rings. The van der Waals surface area contributed by atoms with E-state index in [0.717, 1.165) is 0 Å². The normalized spacial score (nSPS) is 11.1. The second-order valence-corrected chi connectivity index (χ2v) is 7.94. The highest BCUT2D eigenvalue weighted by Crippen LogP contribution is 2.33. The van der Waals surface area contributed by atoms with Crippen molar-refractivity contribution in [1.82, 2.24) is 9.78 Å². The number of para-hydroxylation sites is 1. The Morgan fingerprint density at radius 3 is 1.89 bits per heavy atom. The summed E-state index contributed by atoms with van der Waals surface area (Å²) in [5.41, 5.74) is 1.86. The molecule has 4 aromatic rings. The first-order valence-corrected chi connectivity index (χ1v) is 10.1. The van der Waals surface area contributed by atoms with Gasteiger partial charge in [0.05, 0.1) is 16.3 Å². The third kappa shape index (κ3) is 2.98. The smallest absolute Gasteiger partial charge is 0.227 e. The molecule has 0 bridgehead atoms. The van der Waals surface area contributed by atoms with Gasteiger partial charge in [-0.2, -0.15) is 10.4 Å². The molecule has 0 amide bonds. The van der Waals surface area contributed by atoms with Crippen LogP contribution in [0, 0.1) is 11.3 Å². The SMILES string of the molecule is N#Cc1c(S(=O)(=O)c2ccccc2)nn(-c2ccccc2)c1-c1ccccc1. The van der Waals surface area contributed by atoms with Crippen LogP contribution in [0.3, 0.4) is 0 Å². The van der Waals surface area contributed by atoms with E-state index in [9.17, 15) is 13.7 Å². The number of hydrogen-bond donors (Lipinski definition) is 0. The maximum absolute atomic E-state index is 13.2. The second kappa shape index (κ2) is 7.14. The standard InChI is InChI=1S/C22H15N3O2S/c23-16-20-21(17-10-4-1-5-11-17)25(18-12-6-2-7-13-18)24-22(20)28(26,27)19-14-8-3-9-15-19/h1-15H. The summed E-state index contributed by atoms with van der Waals surface area (Å²) in [6.07, 6.45) is 0. The van der Waals surface area contributed by atoms with E-state index in [-0.39, 0.29) is 15.5 Å². The molecule has 28 heavy (non-hydrogen) atoms. The number of nitriles is 1. The number of rotatable bonds is 4. The zero-order chi connectivity index (χ0) is 19.6. The van der Waals surface area contributed by atoms with E-state index in [4.69, 9.17) is 0 Å². The Morgan fingerprint density at radius 2 is 1.32 bits per heavy atom. The van der Waals surface area contributed by atoms with Gasteiger partial charge in [-0.25, -0.2) is 13.1 Å². The Labute approximate surface area is 163 Å². The van der Waals surface area contributed by atoms with E-state index >= 15 is 0 Å². The Kier molecular flexibility index (Phi) is 4.52. The molecule has 0 saturated carbocycles. The molecule has 0 N–H and O–H groups in total. The lowest BCUT2D eigenvalue weighted by Crippen LogP contribution is -2.05. The molecule has 3 aromatic carbocycles.